The number of anilines is 1. The summed E-state index contributed by atoms with van der Waals surface area (Å²) in [5.41, 5.74) is 1.35. The summed E-state index contributed by atoms with van der Waals surface area (Å²) in [5.74, 6) is 0. The van der Waals surface area contributed by atoms with Gasteiger partial charge in [0.05, 0.1) is 11.8 Å². The predicted molar refractivity (Wildman–Crippen MR) is 61.2 cm³/mol. The molecule has 0 bridgehead atoms. The highest BCUT2D eigenvalue weighted by molar-refractivity contribution is 5.55. The van der Waals surface area contributed by atoms with Gasteiger partial charge >= 0.3 is 0 Å². The van der Waals surface area contributed by atoms with E-state index < -0.39 is 0 Å². The molecule has 1 saturated heterocycles. The zero-order valence-electron chi connectivity index (χ0n) is 9.39. The molecule has 0 amide bonds. The van der Waals surface area contributed by atoms with E-state index in [0.717, 1.165) is 31.7 Å². The van der Waals surface area contributed by atoms with Crippen LogP contribution in [0.1, 0.15) is 18.5 Å². The maximum atomic E-state index is 8.96. The molecule has 4 nitrogen and oxygen atoms in total. The van der Waals surface area contributed by atoms with Gasteiger partial charge in [-0.1, -0.05) is 0 Å². The first-order valence-corrected chi connectivity index (χ1v) is 5.49. The van der Waals surface area contributed by atoms with Crippen molar-refractivity contribution in [2.45, 2.75) is 18.9 Å². The molecule has 4 heteroatoms. The number of rotatable bonds is 3. The number of aromatic nitrogens is 1. The maximum Gasteiger partial charge on any atom is 0.163 e. The second-order valence-electron chi connectivity index (χ2n) is 4.00. The minimum Gasteiger partial charge on any atom is -0.376 e. The molecule has 0 radical (unpaired) electrons. The zero-order valence-corrected chi connectivity index (χ0v) is 9.39. The Hall–Kier alpha value is -1.60. The number of hydrogen-bond donors (Lipinski definition) is 0. The van der Waals surface area contributed by atoms with Gasteiger partial charge in [0, 0.05) is 26.4 Å². The monoisotopic (exact) mass is 217 g/mol. The summed E-state index contributed by atoms with van der Waals surface area (Å²) < 4.78 is 5.57. The van der Waals surface area contributed by atoms with Gasteiger partial charge in [-0.2, -0.15) is 5.26 Å². The third kappa shape index (κ3) is 2.31. The summed E-state index contributed by atoms with van der Waals surface area (Å²) in [6.07, 6.45) is 4.17. The summed E-state index contributed by atoms with van der Waals surface area (Å²) in [7, 11) is 1.97. The fourth-order valence-electron chi connectivity index (χ4n) is 1.98. The van der Waals surface area contributed by atoms with Crippen molar-refractivity contribution in [3.05, 3.63) is 24.0 Å². The smallest absolute Gasteiger partial charge is 0.163 e. The lowest BCUT2D eigenvalue weighted by Crippen LogP contribution is -2.29. The molecule has 0 aromatic carbocycles. The molecule has 1 aromatic rings. The van der Waals surface area contributed by atoms with Crippen LogP contribution in [0.25, 0.3) is 0 Å². The van der Waals surface area contributed by atoms with E-state index in [9.17, 15) is 0 Å². The molecule has 1 atom stereocenters. The third-order valence-corrected chi connectivity index (χ3v) is 2.81. The number of hydrogen-bond acceptors (Lipinski definition) is 4. The van der Waals surface area contributed by atoms with Crippen LogP contribution in [0.5, 0.6) is 0 Å². The topological polar surface area (TPSA) is 49.1 Å². The molecular formula is C12H15N3O. The molecule has 1 aliphatic heterocycles. The lowest BCUT2D eigenvalue weighted by molar-refractivity contribution is 0.116. The van der Waals surface area contributed by atoms with Crippen molar-refractivity contribution in [3.8, 4) is 6.07 Å². The average Bonchev–Trinajstić information content (AvgIpc) is 2.81. The SMILES string of the molecule is CN(CC1CCCO1)c1cccnc1C#N. The predicted octanol–water partition coefficient (Wildman–Crippen LogP) is 1.57. The van der Waals surface area contributed by atoms with Crippen molar-refractivity contribution in [2.75, 3.05) is 25.1 Å². The molecule has 1 fully saturated rings. The molecule has 1 aliphatic rings. The van der Waals surface area contributed by atoms with Gasteiger partial charge < -0.3 is 9.64 Å². The Balaban J connectivity index is 2.08. The van der Waals surface area contributed by atoms with Crippen molar-refractivity contribution >= 4 is 5.69 Å². The Bertz CT molecular complexity index is 393. The van der Waals surface area contributed by atoms with Crippen LogP contribution in [0.4, 0.5) is 5.69 Å². The second-order valence-corrected chi connectivity index (χ2v) is 4.00. The van der Waals surface area contributed by atoms with E-state index in [4.69, 9.17) is 10.00 Å². The Morgan fingerprint density at radius 2 is 2.56 bits per heavy atom. The van der Waals surface area contributed by atoms with Gasteiger partial charge in [0.25, 0.3) is 0 Å². The van der Waals surface area contributed by atoms with Gasteiger partial charge in [-0.05, 0) is 25.0 Å². The first kappa shape index (κ1) is 10.9. The maximum absolute atomic E-state index is 8.96. The van der Waals surface area contributed by atoms with E-state index in [0.29, 0.717) is 5.69 Å². The van der Waals surface area contributed by atoms with Crippen LogP contribution in [-0.4, -0.2) is 31.3 Å². The van der Waals surface area contributed by atoms with Crippen LogP contribution in [-0.2, 0) is 4.74 Å². The van der Waals surface area contributed by atoms with Crippen molar-refractivity contribution in [3.63, 3.8) is 0 Å². The van der Waals surface area contributed by atoms with Crippen LogP contribution in [0.3, 0.4) is 0 Å². The second kappa shape index (κ2) is 4.95. The first-order chi connectivity index (χ1) is 7.81. The van der Waals surface area contributed by atoms with E-state index in [1.54, 1.807) is 6.20 Å². The molecule has 84 valence electrons. The number of likely N-dealkylation sites (N-methyl/N-ethyl adjacent to an activating group) is 1. The van der Waals surface area contributed by atoms with Gasteiger partial charge in [-0.15, -0.1) is 0 Å². The molecule has 16 heavy (non-hydrogen) atoms. The van der Waals surface area contributed by atoms with Gasteiger partial charge in [-0.3, -0.25) is 0 Å². The number of nitrogens with zero attached hydrogens (tertiary/aromatic N) is 3. The summed E-state index contributed by atoms with van der Waals surface area (Å²) >= 11 is 0. The van der Waals surface area contributed by atoms with Crippen LogP contribution in [0.15, 0.2) is 18.3 Å². The summed E-state index contributed by atoms with van der Waals surface area (Å²) in [5, 5.41) is 8.96. The van der Waals surface area contributed by atoms with E-state index in [1.165, 1.54) is 0 Å². The molecule has 2 rings (SSSR count). The minimum atomic E-state index is 0.289. The standard InChI is InChI=1S/C12H15N3O/c1-15(9-10-4-3-7-16-10)12-5-2-6-14-11(12)8-13/h2,5-6,10H,3-4,7,9H2,1H3. The molecule has 0 aliphatic carbocycles. The first-order valence-electron chi connectivity index (χ1n) is 5.49. The van der Waals surface area contributed by atoms with Gasteiger partial charge in [0.1, 0.15) is 6.07 Å². The quantitative estimate of drug-likeness (QED) is 0.771. The molecular weight excluding hydrogens is 202 g/mol. The van der Waals surface area contributed by atoms with E-state index in [-0.39, 0.29) is 6.10 Å². The number of nitriles is 1. The fourth-order valence-corrected chi connectivity index (χ4v) is 1.98. The normalized spacial score (nSPS) is 19.4. The van der Waals surface area contributed by atoms with Gasteiger partial charge in [-0.25, -0.2) is 4.98 Å². The molecule has 0 spiro atoms. The Morgan fingerprint density at radius 3 is 3.25 bits per heavy atom. The highest BCUT2D eigenvalue weighted by atomic mass is 16.5. The van der Waals surface area contributed by atoms with Gasteiger partial charge in [0.2, 0.25) is 0 Å². The summed E-state index contributed by atoms with van der Waals surface area (Å²) in [4.78, 5) is 6.09. The fraction of sp³-hybridized carbons (Fsp3) is 0.500. The summed E-state index contributed by atoms with van der Waals surface area (Å²) in [6, 6.07) is 5.87. The van der Waals surface area contributed by atoms with Gasteiger partial charge in [0.15, 0.2) is 5.69 Å². The zero-order chi connectivity index (χ0) is 11.4. The molecule has 2 heterocycles. The Morgan fingerprint density at radius 1 is 1.69 bits per heavy atom. The van der Waals surface area contributed by atoms with Crippen LogP contribution in [0.2, 0.25) is 0 Å². The number of pyridine rings is 1. The number of ether oxygens (including phenoxy) is 1. The molecule has 0 saturated carbocycles. The van der Waals surface area contributed by atoms with E-state index in [1.807, 2.05) is 24.1 Å². The third-order valence-electron chi connectivity index (χ3n) is 2.81. The van der Waals surface area contributed by atoms with Crippen molar-refractivity contribution in [1.82, 2.24) is 4.98 Å². The largest absolute Gasteiger partial charge is 0.376 e. The van der Waals surface area contributed by atoms with Crippen LogP contribution >= 0.6 is 0 Å². The highest BCUT2D eigenvalue weighted by Gasteiger charge is 2.18. The lowest BCUT2D eigenvalue weighted by Gasteiger charge is -2.22. The summed E-state index contributed by atoms with van der Waals surface area (Å²) in [6.45, 7) is 1.68. The van der Waals surface area contributed by atoms with E-state index in [2.05, 4.69) is 11.1 Å². The highest BCUT2D eigenvalue weighted by Crippen LogP contribution is 2.19. The molecule has 1 aromatic heterocycles. The minimum absolute atomic E-state index is 0.289. The Kier molecular flexibility index (Phi) is 3.37. The Labute approximate surface area is 95.5 Å². The average molecular weight is 217 g/mol. The van der Waals surface area contributed by atoms with Crippen molar-refractivity contribution < 1.29 is 4.74 Å². The van der Waals surface area contributed by atoms with Crippen molar-refractivity contribution in [1.29, 1.82) is 5.26 Å². The molecule has 0 N–H and O–H groups in total. The van der Waals surface area contributed by atoms with E-state index >= 15 is 0 Å². The van der Waals surface area contributed by atoms with Crippen LogP contribution < -0.4 is 4.90 Å². The lowest BCUT2D eigenvalue weighted by atomic mass is 10.2. The van der Waals surface area contributed by atoms with Crippen LogP contribution in [0, 0.1) is 11.3 Å². The molecule has 1 unspecified atom stereocenters. The van der Waals surface area contributed by atoms with Crippen molar-refractivity contribution in [2.24, 2.45) is 0 Å².